The lowest BCUT2D eigenvalue weighted by Gasteiger charge is -2.08. The van der Waals surface area contributed by atoms with E-state index in [2.05, 4.69) is 30.5 Å². The summed E-state index contributed by atoms with van der Waals surface area (Å²) < 4.78 is 13.9. The summed E-state index contributed by atoms with van der Waals surface area (Å²) in [7, 11) is 0. The first-order chi connectivity index (χ1) is 18.0. The quantitative estimate of drug-likeness (QED) is 0.275. The minimum absolute atomic E-state index is 0.0815. The number of para-hydroxylation sites is 1. The lowest BCUT2D eigenvalue weighted by Crippen LogP contribution is -2.17. The van der Waals surface area contributed by atoms with Gasteiger partial charge >= 0.3 is 0 Å². The lowest BCUT2D eigenvalue weighted by atomic mass is 10.0. The van der Waals surface area contributed by atoms with E-state index in [0.717, 1.165) is 38.6 Å². The molecule has 37 heavy (non-hydrogen) atoms. The third-order valence-electron chi connectivity index (χ3n) is 6.15. The second kappa shape index (κ2) is 8.94. The Balaban J connectivity index is 1.41. The second-order valence-electron chi connectivity index (χ2n) is 9.09. The highest BCUT2D eigenvalue weighted by atomic mass is 19.1. The number of pyridine rings is 2. The molecule has 0 bridgehead atoms. The van der Waals surface area contributed by atoms with Gasteiger partial charge in [0.15, 0.2) is 5.82 Å². The van der Waals surface area contributed by atoms with Crippen molar-refractivity contribution >= 4 is 33.5 Å². The standard InChI is InChI=1S/C28H22FN7O/c1-15(2)28(37)32-19-10-17(12-30-13-19)23-11-21-24(14-31-23)35-36-26(21)27-33-22-8-4-7-20(25(22)34-27)16-5-3-6-18(29)9-16/h3-15H,1-2H3,(H,32,37)(H,33,34)(H,35,36). The van der Waals surface area contributed by atoms with Crippen molar-refractivity contribution in [2.24, 2.45) is 5.92 Å². The summed E-state index contributed by atoms with van der Waals surface area (Å²) in [6.45, 7) is 3.67. The highest BCUT2D eigenvalue weighted by Crippen LogP contribution is 2.33. The lowest BCUT2D eigenvalue weighted by molar-refractivity contribution is -0.118. The largest absolute Gasteiger partial charge is 0.337 e. The van der Waals surface area contributed by atoms with Crippen molar-refractivity contribution in [3.63, 3.8) is 0 Å². The Kier molecular flexibility index (Phi) is 5.45. The number of aromatic amines is 2. The molecule has 2 aromatic carbocycles. The number of H-pyrrole nitrogens is 2. The van der Waals surface area contributed by atoms with Crippen LogP contribution in [-0.4, -0.2) is 36.0 Å². The third kappa shape index (κ3) is 4.20. The zero-order valence-corrected chi connectivity index (χ0v) is 20.1. The van der Waals surface area contributed by atoms with E-state index >= 15 is 0 Å². The number of nitrogens with zero attached hydrogens (tertiary/aromatic N) is 4. The van der Waals surface area contributed by atoms with E-state index < -0.39 is 0 Å². The summed E-state index contributed by atoms with van der Waals surface area (Å²) >= 11 is 0. The molecule has 3 N–H and O–H groups in total. The molecule has 9 heteroatoms. The van der Waals surface area contributed by atoms with Crippen molar-refractivity contribution in [3.05, 3.63) is 79.0 Å². The maximum absolute atomic E-state index is 13.9. The zero-order valence-electron chi connectivity index (χ0n) is 20.1. The Morgan fingerprint density at radius 3 is 2.68 bits per heavy atom. The second-order valence-corrected chi connectivity index (χ2v) is 9.09. The predicted molar refractivity (Wildman–Crippen MR) is 141 cm³/mol. The van der Waals surface area contributed by atoms with Crippen molar-refractivity contribution in [3.8, 4) is 33.9 Å². The van der Waals surface area contributed by atoms with Gasteiger partial charge < -0.3 is 10.3 Å². The Hall–Kier alpha value is -4.92. The van der Waals surface area contributed by atoms with Crippen LogP contribution in [0.25, 0.3) is 55.8 Å². The molecular weight excluding hydrogens is 469 g/mol. The molecule has 0 fully saturated rings. The monoisotopic (exact) mass is 491 g/mol. The fraction of sp³-hybridized carbons (Fsp3) is 0.107. The average Bonchev–Trinajstić information content (AvgIpc) is 3.52. The number of rotatable bonds is 5. The Bertz CT molecular complexity index is 1790. The van der Waals surface area contributed by atoms with Gasteiger partial charge in [-0.15, -0.1) is 0 Å². The van der Waals surface area contributed by atoms with Crippen molar-refractivity contribution in [1.29, 1.82) is 0 Å². The molecule has 1 amide bonds. The smallest absolute Gasteiger partial charge is 0.226 e. The van der Waals surface area contributed by atoms with Gasteiger partial charge in [-0.05, 0) is 35.9 Å². The van der Waals surface area contributed by atoms with Crippen molar-refractivity contribution < 1.29 is 9.18 Å². The van der Waals surface area contributed by atoms with Crippen LogP contribution in [0.3, 0.4) is 0 Å². The molecule has 0 saturated heterocycles. The maximum atomic E-state index is 13.9. The van der Waals surface area contributed by atoms with Crippen LogP contribution in [0.1, 0.15) is 13.8 Å². The van der Waals surface area contributed by atoms with Crippen molar-refractivity contribution in [2.75, 3.05) is 5.32 Å². The number of carbonyl (C=O) groups excluding carboxylic acids is 1. The number of anilines is 1. The number of fused-ring (bicyclic) bond motifs is 2. The molecule has 0 saturated carbocycles. The van der Waals surface area contributed by atoms with Gasteiger partial charge in [0, 0.05) is 28.6 Å². The van der Waals surface area contributed by atoms with E-state index in [1.807, 2.05) is 50.2 Å². The number of nitrogens with one attached hydrogen (secondary N) is 3. The molecule has 182 valence electrons. The topological polar surface area (TPSA) is 112 Å². The normalized spacial score (nSPS) is 11.5. The van der Waals surface area contributed by atoms with Crippen molar-refractivity contribution in [1.82, 2.24) is 30.1 Å². The molecular formula is C28H22FN7O. The van der Waals surface area contributed by atoms with Crippen LogP contribution in [-0.2, 0) is 4.79 Å². The molecule has 0 aliphatic carbocycles. The van der Waals surface area contributed by atoms with Gasteiger partial charge in [0.2, 0.25) is 5.91 Å². The molecule has 6 rings (SSSR count). The Morgan fingerprint density at radius 1 is 0.973 bits per heavy atom. The van der Waals surface area contributed by atoms with E-state index in [9.17, 15) is 9.18 Å². The molecule has 0 atom stereocenters. The number of imidazole rings is 1. The summed E-state index contributed by atoms with van der Waals surface area (Å²) in [5, 5.41) is 11.2. The zero-order chi connectivity index (χ0) is 25.5. The number of hydrogen-bond donors (Lipinski definition) is 3. The minimum Gasteiger partial charge on any atom is -0.337 e. The fourth-order valence-corrected chi connectivity index (χ4v) is 4.22. The van der Waals surface area contributed by atoms with Gasteiger partial charge in [0.1, 0.15) is 11.5 Å². The van der Waals surface area contributed by atoms with Gasteiger partial charge in [-0.2, -0.15) is 5.10 Å². The molecule has 0 aliphatic rings. The summed E-state index contributed by atoms with van der Waals surface area (Å²) in [5.41, 5.74) is 6.55. The van der Waals surface area contributed by atoms with Crippen LogP contribution in [0.5, 0.6) is 0 Å². The number of hydrogen-bond acceptors (Lipinski definition) is 5. The third-order valence-corrected chi connectivity index (χ3v) is 6.15. The van der Waals surface area contributed by atoms with E-state index in [-0.39, 0.29) is 17.6 Å². The van der Waals surface area contributed by atoms with Crippen LogP contribution in [0.15, 0.2) is 73.2 Å². The molecule has 8 nitrogen and oxygen atoms in total. The predicted octanol–water partition coefficient (Wildman–Crippen LogP) is 5.96. The Labute approximate surface area is 211 Å². The number of carbonyl (C=O) groups is 1. The minimum atomic E-state index is -0.300. The number of benzene rings is 2. The first-order valence-corrected chi connectivity index (χ1v) is 11.8. The van der Waals surface area contributed by atoms with Crippen molar-refractivity contribution in [2.45, 2.75) is 13.8 Å². The van der Waals surface area contributed by atoms with Gasteiger partial charge in [-0.3, -0.25) is 19.9 Å². The summed E-state index contributed by atoms with van der Waals surface area (Å²) in [6, 6.07) is 16.0. The first kappa shape index (κ1) is 22.5. The highest BCUT2D eigenvalue weighted by molar-refractivity contribution is 5.98. The number of aromatic nitrogens is 6. The first-order valence-electron chi connectivity index (χ1n) is 11.8. The van der Waals surface area contributed by atoms with Crippen LogP contribution in [0, 0.1) is 11.7 Å². The molecule has 0 aliphatic heterocycles. The maximum Gasteiger partial charge on any atom is 0.226 e. The SMILES string of the molecule is CC(C)C(=O)Nc1cncc(-c2cc3c(-c4nc5c(-c6cccc(F)c6)cccc5[nH]4)n[nH]c3cn2)c1. The number of halogens is 1. The molecule has 4 aromatic heterocycles. The highest BCUT2D eigenvalue weighted by Gasteiger charge is 2.17. The Morgan fingerprint density at radius 2 is 1.84 bits per heavy atom. The van der Waals surface area contributed by atoms with Crippen LogP contribution >= 0.6 is 0 Å². The summed E-state index contributed by atoms with van der Waals surface area (Å²) in [4.78, 5) is 29.1. The summed E-state index contributed by atoms with van der Waals surface area (Å²) in [6.07, 6.45) is 5.02. The fourth-order valence-electron chi connectivity index (χ4n) is 4.22. The van der Waals surface area contributed by atoms with Crippen LogP contribution < -0.4 is 5.32 Å². The van der Waals surface area contributed by atoms with Gasteiger partial charge in [0.05, 0.1) is 40.3 Å². The molecule has 0 spiro atoms. The van der Waals surface area contributed by atoms with Gasteiger partial charge in [-0.1, -0.05) is 38.1 Å². The van der Waals surface area contributed by atoms with E-state index in [0.29, 0.717) is 22.9 Å². The molecule has 4 heterocycles. The average molecular weight is 492 g/mol. The molecule has 0 radical (unpaired) electrons. The van der Waals surface area contributed by atoms with E-state index in [1.54, 1.807) is 24.7 Å². The van der Waals surface area contributed by atoms with E-state index in [1.165, 1.54) is 12.1 Å². The van der Waals surface area contributed by atoms with Crippen LogP contribution in [0.2, 0.25) is 0 Å². The van der Waals surface area contributed by atoms with Crippen LogP contribution in [0.4, 0.5) is 10.1 Å². The molecule has 0 unspecified atom stereocenters. The van der Waals surface area contributed by atoms with Gasteiger partial charge in [-0.25, -0.2) is 9.37 Å². The number of amides is 1. The summed E-state index contributed by atoms with van der Waals surface area (Å²) in [5.74, 6) is 0.0584. The van der Waals surface area contributed by atoms with E-state index in [4.69, 9.17) is 4.98 Å². The molecule has 6 aromatic rings. The van der Waals surface area contributed by atoms with Gasteiger partial charge in [0.25, 0.3) is 0 Å².